The molecule has 10 rings (SSSR count). The van der Waals surface area contributed by atoms with E-state index in [4.69, 9.17) is 0 Å². The van der Waals surface area contributed by atoms with Crippen LogP contribution in [0.5, 0.6) is 0 Å². The molecule has 398 valence electrons. The summed E-state index contributed by atoms with van der Waals surface area (Å²) in [6.07, 6.45) is 8.22. The second-order valence-corrected chi connectivity index (χ2v) is 23.4. The van der Waals surface area contributed by atoms with Crippen molar-refractivity contribution in [2.24, 2.45) is 0 Å². The standard InChI is InChI=1S/C75H88N2/c1-15-52-33-53(16-2)38-61(37-52)48(11)67-29-46(9)30-68(49(12)62-39-54(17-3)34-55(18-4)40-62)72(67)76-45-77(75-66-28-24-26-60-25-23-27-65(71(60)66)74(75)76)73-69(50(13)63-41-56(19-5)35-57(20-6)42-63)31-47(10)32-70(73)51(14)64-43-58(21-7)36-59(22-8)44-64/h23-44,48-51,74-75H,15-22,45H2,1-14H3/t48-,49-,50-,51-,74?,75?/m1/s1. The van der Waals surface area contributed by atoms with E-state index in [-0.39, 0.29) is 35.8 Å². The zero-order valence-electron chi connectivity index (χ0n) is 49.4. The molecule has 0 bridgehead atoms. The minimum Gasteiger partial charge on any atom is -0.344 e. The van der Waals surface area contributed by atoms with E-state index in [1.165, 1.54) is 133 Å². The van der Waals surface area contributed by atoms with Gasteiger partial charge < -0.3 is 9.80 Å². The number of benzene rings is 8. The van der Waals surface area contributed by atoms with Gasteiger partial charge in [-0.05, 0) is 176 Å². The van der Waals surface area contributed by atoms with E-state index in [2.05, 4.69) is 240 Å². The second-order valence-electron chi connectivity index (χ2n) is 23.4. The highest BCUT2D eigenvalue weighted by Crippen LogP contribution is 2.60. The maximum atomic E-state index is 2.94. The summed E-state index contributed by atoms with van der Waals surface area (Å²) >= 11 is 0. The highest BCUT2D eigenvalue weighted by molar-refractivity contribution is 5.95. The van der Waals surface area contributed by atoms with Crippen molar-refractivity contribution in [1.29, 1.82) is 0 Å². The summed E-state index contributed by atoms with van der Waals surface area (Å²) in [5.41, 5.74) is 31.3. The van der Waals surface area contributed by atoms with E-state index in [1.807, 2.05) is 0 Å². The summed E-state index contributed by atoms with van der Waals surface area (Å²) in [4.78, 5) is 5.88. The Morgan fingerprint density at radius 1 is 0.351 bits per heavy atom. The number of fused-ring (bicyclic) bond motifs is 3. The molecule has 2 unspecified atom stereocenters. The number of hydrogen-bond donors (Lipinski definition) is 0. The first kappa shape index (κ1) is 54.0. The Hall–Kier alpha value is -6.38. The molecule has 1 fully saturated rings. The van der Waals surface area contributed by atoms with Crippen LogP contribution in [0.1, 0.15) is 230 Å². The van der Waals surface area contributed by atoms with Gasteiger partial charge in [0.05, 0.1) is 18.8 Å². The molecule has 2 nitrogen and oxygen atoms in total. The average molecular weight is 1020 g/mol. The van der Waals surface area contributed by atoms with E-state index in [0.29, 0.717) is 0 Å². The molecule has 77 heavy (non-hydrogen) atoms. The molecule has 0 spiro atoms. The number of anilines is 2. The van der Waals surface area contributed by atoms with Gasteiger partial charge in [0.15, 0.2) is 0 Å². The Labute approximate surface area is 465 Å². The molecule has 2 heteroatoms. The summed E-state index contributed by atoms with van der Waals surface area (Å²) in [5, 5.41) is 2.77. The molecule has 2 aliphatic rings. The maximum Gasteiger partial charge on any atom is 0.0917 e. The van der Waals surface area contributed by atoms with Crippen LogP contribution in [0.3, 0.4) is 0 Å². The molecule has 1 heterocycles. The third-order valence-electron chi connectivity index (χ3n) is 18.5. The highest BCUT2D eigenvalue weighted by atomic mass is 15.4. The van der Waals surface area contributed by atoms with Crippen molar-refractivity contribution < 1.29 is 0 Å². The Kier molecular flexibility index (Phi) is 15.8. The largest absolute Gasteiger partial charge is 0.344 e. The fourth-order valence-corrected chi connectivity index (χ4v) is 13.8. The molecule has 6 atom stereocenters. The summed E-state index contributed by atoms with van der Waals surface area (Å²) < 4.78 is 0. The molecule has 0 radical (unpaired) electrons. The van der Waals surface area contributed by atoms with Gasteiger partial charge >= 0.3 is 0 Å². The molecular weight excluding hydrogens is 929 g/mol. The van der Waals surface area contributed by atoms with Crippen LogP contribution >= 0.6 is 0 Å². The zero-order valence-corrected chi connectivity index (χ0v) is 49.4. The van der Waals surface area contributed by atoms with E-state index < -0.39 is 0 Å². The molecule has 1 saturated heterocycles. The Bertz CT molecular complexity index is 2980. The molecule has 8 aromatic rings. The number of nitrogens with zero attached hydrogens (tertiary/aromatic N) is 2. The lowest BCUT2D eigenvalue weighted by atomic mass is 9.81. The van der Waals surface area contributed by atoms with Crippen molar-refractivity contribution in [1.82, 2.24) is 0 Å². The van der Waals surface area contributed by atoms with Crippen LogP contribution in [0.25, 0.3) is 10.8 Å². The molecule has 0 amide bonds. The monoisotopic (exact) mass is 1020 g/mol. The van der Waals surface area contributed by atoms with E-state index in [1.54, 1.807) is 0 Å². The van der Waals surface area contributed by atoms with Gasteiger partial charge in [-0.2, -0.15) is 0 Å². The molecule has 0 saturated carbocycles. The SMILES string of the molecule is CCc1cc(CC)cc([C@@H](C)c2cc(C)cc([C@H](C)c3cc(CC)cc(CC)c3)c2N2CN(c3c([C@H](C)c4cc(CC)cc(CC)c4)cc(C)cc3[C@H](C)c3cc(CC)cc(CC)c3)C3c4cccc5cccc(c45)C32)c1. The Morgan fingerprint density at radius 2 is 0.597 bits per heavy atom. The first-order chi connectivity index (χ1) is 37.2. The fraction of sp³-hybridized carbons (Fsp3) is 0.387. The molecule has 0 aromatic heterocycles. The van der Waals surface area contributed by atoms with Crippen molar-refractivity contribution in [2.75, 3.05) is 16.5 Å². The third kappa shape index (κ3) is 10.1. The second kappa shape index (κ2) is 22.5. The quantitative estimate of drug-likeness (QED) is 0.0845. The summed E-state index contributed by atoms with van der Waals surface area (Å²) in [7, 11) is 0. The van der Waals surface area contributed by atoms with Crippen LogP contribution in [0.2, 0.25) is 0 Å². The summed E-state index contributed by atoms with van der Waals surface area (Å²) in [6.45, 7) is 34.0. The van der Waals surface area contributed by atoms with Crippen LogP contribution in [-0.2, 0) is 51.4 Å². The van der Waals surface area contributed by atoms with Gasteiger partial charge in [0.25, 0.3) is 0 Å². The van der Waals surface area contributed by atoms with Crippen LogP contribution in [-0.4, -0.2) is 6.67 Å². The smallest absolute Gasteiger partial charge is 0.0917 e. The van der Waals surface area contributed by atoms with E-state index in [0.717, 1.165) is 58.0 Å². The van der Waals surface area contributed by atoms with Crippen molar-refractivity contribution in [3.63, 3.8) is 0 Å². The first-order valence-electron chi connectivity index (χ1n) is 30.1. The lowest BCUT2D eigenvalue weighted by Crippen LogP contribution is -2.31. The molecular formula is C75H88N2. The van der Waals surface area contributed by atoms with Gasteiger partial charge in [0.1, 0.15) is 0 Å². The van der Waals surface area contributed by atoms with E-state index in [9.17, 15) is 0 Å². The van der Waals surface area contributed by atoms with Gasteiger partial charge in [-0.25, -0.2) is 0 Å². The van der Waals surface area contributed by atoms with Crippen LogP contribution < -0.4 is 9.80 Å². The van der Waals surface area contributed by atoms with Gasteiger partial charge in [0.2, 0.25) is 0 Å². The summed E-state index contributed by atoms with van der Waals surface area (Å²) in [5.74, 6) is 0.651. The predicted octanol–water partition coefficient (Wildman–Crippen LogP) is 19.6. The number of hydrogen-bond acceptors (Lipinski definition) is 2. The van der Waals surface area contributed by atoms with Gasteiger partial charge in [-0.3, -0.25) is 0 Å². The lowest BCUT2D eigenvalue weighted by molar-refractivity contribution is 0.639. The van der Waals surface area contributed by atoms with Crippen LogP contribution in [0, 0.1) is 13.8 Å². The normalized spacial score (nSPS) is 16.5. The lowest BCUT2D eigenvalue weighted by Gasteiger charge is -2.35. The number of rotatable bonds is 18. The maximum absolute atomic E-state index is 2.94. The fourth-order valence-electron chi connectivity index (χ4n) is 13.8. The Balaban J connectivity index is 1.29. The van der Waals surface area contributed by atoms with Gasteiger partial charge in [-0.1, -0.05) is 228 Å². The zero-order chi connectivity index (χ0) is 54.4. The van der Waals surface area contributed by atoms with Crippen LogP contribution in [0.15, 0.2) is 133 Å². The summed E-state index contributed by atoms with van der Waals surface area (Å²) in [6, 6.07) is 54.7. The molecule has 0 N–H and O–H groups in total. The third-order valence-corrected chi connectivity index (χ3v) is 18.5. The topological polar surface area (TPSA) is 6.48 Å². The Morgan fingerprint density at radius 3 is 0.831 bits per heavy atom. The highest BCUT2D eigenvalue weighted by Gasteiger charge is 2.50. The minimum atomic E-state index is 0.0786. The van der Waals surface area contributed by atoms with Crippen molar-refractivity contribution in [3.8, 4) is 0 Å². The van der Waals surface area contributed by atoms with Crippen molar-refractivity contribution >= 4 is 22.1 Å². The minimum absolute atomic E-state index is 0.0786. The molecule has 1 aliphatic carbocycles. The van der Waals surface area contributed by atoms with Gasteiger partial charge in [-0.15, -0.1) is 0 Å². The molecule has 8 aromatic carbocycles. The molecule has 1 aliphatic heterocycles. The van der Waals surface area contributed by atoms with E-state index >= 15 is 0 Å². The average Bonchev–Trinajstić information content (AvgIpc) is 4.14. The first-order valence-corrected chi connectivity index (χ1v) is 30.1. The predicted molar refractivity (Wildman–Crippen MR) is 332 cm³/mol. The van der Waals surface area contributed by atoms with Crippen molar-refractivity contribution in [2.45, 2.75) is 184 Å². The van der Waals surface area contributed by atoms with Crippen LogP contribution in [0.4, 0.5) is 11.4 Å². The van der Waals surface area contributed by atoms with Gasteiger partial charge in [0, 0.05) is 35.0 Å². The number of aryl methyl sites for hydroxylation is 10. The van der Waals surface area contributed by atoms with Crippen molar-refractivity contribution in [3.05, 3.63) is 245 Å².